The van der Waals surface area contributed by atoms with Gasteiger partial charge in [-0.25, -0.2) is 4.98 Å². The highest BCUT2D eigenvalue weighted by Crippen LogP contribution is 2.19. The number of halogens is 1. The first-order valence-corrected chi connectivity index (χ1v) is 5.73. The van der Waals surface area contributed by atoms with Crippen molar-refractivity contribution in [1.29, 1.82) is 0 Å². The fraction of sp³-hybridized carbons (Fsp3) is 0.0833. The van der Waals surface area contributed by atoms with Crippen molar-refractivity contribution < 1.29 is 4.52 Å². The van der Waals surface area contributed by atoms with E-state index in [0.717, 1.165) is 5.56 Å². The highest BCUT2D eigenvalue weighted by molar-refractivity contribution is 6.30. The van der Waals surface area contributed by atoms with Gasteiger partial charge in [-0.1, -0.05) is 16.8 Å². The fourth-order valence-corrected chi connectivity index (χ4v) is 1.70. The van der Waals surface area contributed by atoms with Crippen molar-refractivity contribution >= 4 is 11.6 Å². The lowest BCUT2D eigenvalue weighted by Crippen LogP contribution is -1.98. The van der Waals surface area contributed by atoms with Crippen molar-refractivity contribution in [2.24, 2.45) is 0 Å². The Bertz CT molecular complexity index is 630. The van der Waals surface area contributed by atoms with E-state index >= 15 is 0 Å². The molecule has 0 atom stereocenters. The molecule has 5 nitrogen and oxygen atoms in total. The van der Waals surface area contributed by atoms with Gasteiger partial charge in [0.05, 0.1) is 12.9 Å². The first-order valence-electron chi connectivity index (χ1n) is 5.35. The number of imidazole rings is 1. The summed E-state index contributed by atoms with van der Waals surface area (Å²) in [5, 5.41) is 4.60. The number of hydrogen-bond acceptors (Lipinski definition) is 4. The molecule has 90 valence electrons. The van der Waals surface area contributed by atoms with Gasteiger partial charge < -0.3 is 9.09 Å². The minimum atomic E-state index is 0.488. The molecule has 3 aromatic rings. The minimum Gasteiger partial charge on any atom is -0.334 e. The first-order chi connectivity index (χ1) is 8.81. The van der Waals surface area contributed by atoms with Crippen LogP contribution >= 0.6 is 11.6 Å². The predicted molar refractivity (Wildman–Crippen MR) is 66.1 cm³/mol. The number of benzene rings is 1. The minimum absolute atomic E-state index is 0.488. The highest BCUT2D eigenvalue weighted by Gasteiger charge is 2.08. The van der Waals surface area contributed by atoms with Crippen LogP contribution in [0.3, 0.4) is 0 Å². The Morgan fingerprint density at radius 3 is 2.78 bits per heavy atom. The molecule has 18 heavy (non-hydrogen) atoms. The van der Waals surface area contributed by atoms with E-state index in [2.05, 4.69) is 15.1 Å². The molecular weight excluding hydrogens is 252 g/mol. The SMILES string of the molecule is Clc1ccc(-c2nc(Cn3ccnc3)no2)cc1. The third-order valence-electron chi connectivity index (χ3n) is 2.44. The molecule has 0 fully saturated rings. The maximum absolute atomic E-state index is 5.82. The third-order valence-corrected chi connectivity index (χ3v) is 2.69. The number of aromatic nitrogens is 4. The molecule has 0 aliphatic heterocycles. The standard InChI is InChI=1S/C12H9ClN4O/c13-10-3-1-9(2-4-10)12-15-11(16-18-12)7-17-6-5-14-8-17/h1-6,8H,7H2. The maximum atomic E-state index is 5.82. The van der Waals surface area contributed by atoms with Crippen LogP contribution in [0.25, 0.3) is 11.5 Å². The lowest BCUT2D eigenvalue weighted by atomic mass is 10.2. The van der Waals surface area contributed by atoms with E-state index in [1.165, 1.54) is 0 Å². The van der Waals surface area contributed by atoms with Crippen LogP contribution in [0.15, 0.2) is 47.5 Å². The molecule has 0 spiro atoms. The molecule has 2 heterocycles. The molecular formula is C12H9ClN4O. The number of hydrogen-bond donors (Lipinski definition) is 0. The van der Waals surface area contributed by atoms with Gasteiger partial charge in [0.1, 0.15) is 0 Å². The smallest absolute Gasteiger partial charge is 0.257 e. The predicted octanol–water partition coefficient (Wildman–Crippen LogP) is 2.63. The molecule has 0 N–H and O–H groups in total. The van der Waals surface area contributed by atoms with E-state index in [1.54, 1.807) is 24.7 Å². The molecule has 6 heteroatoms. The largest absolute Gasteiger partial charge is 0.334 e. The zero-order valence-corrected chi connectivity index (χ0v) is 10.1. The lowest BCUT2D eigenvalue weighted by Gasteiger charge is -1.94. The third kappa shape index (κ3) is 2.26. The summed E-state index contributed by atoms with van der Waals surface area (Å²) >= 11 is 5.82. The Morgan fingerprint density at radius 2 is 2.06 bits per heavy atom. The summed E-state index contributed by atoms with van der Waals surface area (Å²) in [6.45, 7) is 0.539. The summed E-state index contributed by atoms with van der Waals surface area (Å²) < 4.78 is 7.07. The van der Waals surface area contributed by atoms with E-state index in [9.17, 15) is 0 Å². The van der Waals surface area contributed by atoms with Gasteiger partial charge in [-0.2, -0.15) is 4.98 Å². The van der Waals surface area contributed by atoms with Crippen molar-refractivity contribution in [2.45, 2.75) is 6.54 Å². The van der Waals surface area contributed by atoms with Crippen LogP contribution in [0, 0.1) is 0 Å². The molecule has 0 unspecified atom stereocenters. The van der Waals surface area contributed by atoms with Gasteiger partial charge >= 0.3 is 0 Å². The van der Waals surface area contributed by atoms with Gasteiger partial charge in [-0.05, 0) is 24.3 Å². The maximum Gasteiger partial charge on any atom is 0.257 e. The molecule has 1 aromatic carbocycles. The van der Waals surface area contributed by atoms with Gasteiger partial charge in [-0.15, -0.1) is 0 Å². The molecule has 3 rings (SSSR count). The van der Waals surface area contributed by atoms with Crippen LogP contribution in [0.5, 0.6) is 0 Å². The summed E-state index contributed by atoms with van der Waals surface area (Å²) in [7, 11) is 0. The monoisotopic (exact) mass is 260 g/mol. The summed E-state index contributed by atoms with van der Waals surface area (Å²) in [5.74, 6) is 1.10. The van der Waals surface area contributed by atoms with E-state index in [0.29, 0.717) is 23.3 Å². The zero-order valence-electron chi connectivity index (χ0n) is 9.32. The Hall–Kier alpha value is -2.14. The summed E-state index contributed by atoms with van der Waals surface area (Å²) in [6.07, 6.45) is 5.26. The fourth-order valence-electron chi connectivity index (χ4n) is 1.57. The van der Waals surface area contributed by atoms with Crippen molar-refractivity contribution in [2.75, 3.05) is 0 Å². The second-order valence-corrected chi connectivity index (χ2v) is 4.19. The van der Waals surface area contributed by atoms with E-state index in [1.807, 2.05) is 22.9 Å². The van der Waals surface area contributed by atoms with Crippen LogP contribution < -0.4 is 0 Å². The Labute approximate surface area is 108 Å². The summed E-state index contributed by atoms with van der Waals surface area (Å²) in [6, 6.07) is 7.26. The number of nitrogens with zero attached hydrogens (tertiary/aromatic N) is 4. The average molecular weight is 261 g/mol. The lowest BCUT2D eigenvalue weighted by molar-refractivity contribution is 0.420. The Kier molecular flexibility index (Phi) is 2.82. The van der Waals surface area contributed by atoms with Crippen LogP contribution in [0.4, 0.5) is 0 Å². The summed E-state index contributed by atoms with van der Waals surface area (Å²) in [4.78, 5) is 8.27. The van der Waals surface area contributed by atoms with Crippen molar-refractivity contribution in [3.63, 3.8) is 0 Å². The second kappa shape index (κ2) is 4.62. The molecule has 0 saturated heterocycles. The van der Waals surface area contributed by atoms with Gasteiger partial charge in [0.15, 0.2) is 5.82 Å². The van der Waals surface area contributed by atoms with Crippen LogP contribution in [-0.2, 0) is 6.54 Å². The molecule has 0 saturated carbocycles. The zero-order chi connectivity index (χ0) is 12.4. The Balaban J connectivity index is 1.83. The van der Waals surface area contributed by atoms with Gasteiger partial charge in [0.25, 0.3) is 5.89 Å². The van der Waals surface area contributed by atoms with E-state index in [4.69, 9.17) is 16.1 Å². The number of rotatable bonds is 3. The topological polar surface area (TPSA) is 56.7 Å². The quantitative estimate of drug-likeness (QED) is 0.726. The van der Waals surface area contributed by atoms with Crippen LogP contribution in [-0.4, -0.2) is 19.7 Å². The van der Waals surface area contributed by atoms with Crippen molar-refractivity contribution in [3.8, 4) is 11.5 Å². The van der Waals surface area contributed by atoms with Gasteiger partial charge in [-0.3, -0.25) is 0 Å². The molecule has 0 aliphatic carbocycles. The summed E-state index contributed by atoms with van der Waals surface area (Å²) in [5.41, 5.74) is 0.851. The normalized spacial score (nSPS) is 10.7. The van der Waals surface area contributed by atoms with E-state index < -0.39 is 0 Å². The van der Waals surface area contributed by atoms with Gasteiger partial charge in [0, 0.05) is 23.0 Å². The Morgan fingerprint density at radius 1 is 1.22 bits per heavy atom. The van der Waals surface area contributed by atoms with Crippen molar-refractivity contribution in [3.05, 3.63) is 53.8 Å². The van der Waals surface area contributed by atoms with E-state index in [-0.39, 0.29) is 0 Å². The molecule has 0 bridgehead atoms. The molecule has 2 aromatic heterocycles. The molecule has 0 amide bonds. The van der Waals surface area contributed by atoms with Gasteiger partial charge in [0.2, 0.25) is 0 Å². The highest BCUT2D eigenvalue weighted by atomic mass is 35.5. The second-order valence-electron chi connectivity index (χ2n) is 3.76. The van der Waals surface area contributed by atoms with Crippen LogP contribution in [0.1, 0.15) is 5.82 Å². The van der Waals surface area contributed by atoms with Crippen LogP contribution in [0.2, 0.25) is 5.02 Å². The first kappa shape index (κ1) is 11.0. The van der Waals surface area contributed by atoms with Crippen molar-refractivity contribution in [1.82, 2.24) is 19.7 Å². The average Bonchev–Trinajstić information content (AvgIpc) is 3.02. The molecule has 0 radical (unpaired) electrons. The molecule has 0 aliphatic rings.